The van der Waals surface area contributed by atoms with E-state index in [1.165, 1.54) is 0 Å². The second-order valence-electron chi connectivity index (χ2n) is 2.98. The van der Waals surface area contributed by atoms with E-state index in [2.05, 4.69) is 37.2 Å². The van der Waals surface area contributed by atoms with Crippen molar-refractivity contribution in [3.63, 3.8) is 0 Å². The third-order valence-electron chi connectivity index (χ3n) is 1.85. The summed E-state index contributed by atoms with van der Waals surface area (Å²) in [5, 5.41) is 3.21. The molecule has 0 aromatic heterocycles. The molecule has 0 aliphatic heterocycles. The first-order valence-electron chi connectivity index (χ1n) is 4.24. The van der Waals surface area contributed by atoms with Crippen LogP contribution in [-0.2, 0) is 4.79 Å². The number of rotatable bonds is 3. The van der Waals surface area contributed by atoms with E-state index in [1.54, 1.807) is 0 Å². The Morgan fingerprint density at radius 2 is 2.29 bits per heavy atom. The molecular weight excluding hydrogens is 310 g/mol. The predicted octanol–water partition coefficient (Wildman–Crippen LogP) is 3.02. The quantitative estimate of drug-likeness (QED) is 0.852. The number of nitrogens with one attached hydrogen (secondary N) is 1. The van der Waals surface area contributed by atoms with Crippen molar-refractivity contribution < 1.29 is 4.79 Å². The molecule has 1 amide bonds. The van der Waals surface area contributed by atoms with Gasteiger partial charge in [0.1, 0.15) is 0 Å². The zero-order chi connectivity index (χ0) is 10.6. The van der Waals surface area contributed by atoms with E-state index >= 15 is 0 Å². The van der Waals surface area contributed by atoms with Crippen molar-refractivity contribution in [3.8, 4) is 0 Å². The molecule has 0 bridgehead atoms. The maximum atomic E-state index is 11.1. The molecule has 0 saturated carbocycles. The summed E-state index contributed by atoms with van der Waals surface area (Å²) in [7, 11) is 0. The molecule has 14 heavy (non-hydrogen) atoms. The van der Waals surface area contributed by atoms with Gasteiger partial charge in [-0.15, -0.1) is 0 Å². The molecular formula is C10H11Br2NO. The van der Waals surface area contributed by atoms with E-state index in [1.807, 2.05) is 31.2 Å². The fraction of sp³-hybridized carbons (Fsp3) is 0.300. The van der Waals surface area contributed by atoms with Crippen LogP contribution in [0.4, 0.5) is 0 Å². The van der Waals surface area contributed by atoms with Crippen LogP contribution in [0.25, 0.3) is 0 Å². The highest BCUT2D eigenvalue weighted by atomic mass is 79.9. The van der Waals surface area contributed by atoms with Gasteiger partial charge in [0, 0.05) is 4.47 Å². The number of hydrogen-bond donors (Lipinski definition) is 1. The van der Waals surface area contributed by atoms with E-state index in [4.69, 9.17) is 0 Å². The summed E-state index contributed by atoms with van der Waals surface area (Å²) < 4.78 is 1.02. The third kappa shape index (κ3) is 3.42. The Kier molecular flexibility index (Phi) is 4.62. The number of carbonyl (C=O) groups excluding carboxylic acids is 1. The molecule has 0 spiro atoms. The average Bonchev–Trinajstić information content (AvgIpc) is 2.17. The topological polar surface area (TPSA) is 29.1 Å². The molecule has 0 radical (unpaired) electrons. The zero-order valence-electron chi connectivity index (χ0n) is 7.76. The van der Waals surface area contributed by atoms with E-state index in [0.717, 1.165) is 10.0 Å². The minimum Gasteiger partial charge on any atom is -0.349 e. The van der Waals surface area contributed by atoms with Gasteiger partial charge in [-0.1, -0.05) is 44.0 Å². The molecule has 76 valence electrons. The fourth-order valence-corrected chi connectivity index (χ4v) is 1.72. The van der Waals surface area contributed by atoms with Gasteiger partial charge < -0.3 is 5.32 Å². The molecule has 0 saturated heterocycles. The average molecular weight is 321 g/mol. The lowest BCUT2D eigenvalue weighted by Gasteiger charge is -2.13. The summed E-state index contributed by atoms with van der Waals surface area (Å²) in [5.41, 5.74) is 1.09. The summed E-state index contributed by atoms with van der Waals surface area (Å²) in [6.45, 7) is 1.96. The van der Waals surface area contributed by atoms with Crippen LogP contribution < -0.4 is 5.32 Å². The summed E-state index contributed by atoms with van der Waals surface area (Å²) in [4.78, 5) is 11.1. The molecule has 1 rings (SSSR count). The summed E-state index contributed by atoms with van der Waals surface area (Å²) in [6, 6.07) is 7.94. The van der Waals surface area contributed by atoms with Crippen LogP contribution in [0.2, 0.25) is 0 Å². The number of alkyl halides is 1. The maximum absolute atomic E-state index is 11.1. The van der Waals surface area contributed by atoms with Crippen LogP contribution >= 0.6 is 31.9 Å². The second-order valence-corrected chi connectivity index (χ2v) is 4.45. The highest BCUT2D eigenvalue weighted by Gasteiger charge is 2.07. The molecule has 2 nitrogen and oxygen atoms in total. The number of hydrogen-bond acceptors (Lipinski definition) is 1. The molecule has 1 N–H and O–H groups in total. The van der Waals surface area contributed by atoms with Gasteiger partial charge in [-0.2, -0.15) is 0 Å². The van der Waals surface area contributed by atoms with Gasteiger partial charge >= 0.3 is 0 Å². The fourth-order valence-electron chi connectivity index (χ4n) is 1.14. The number of carbonyl (C=O) groups is 1. The van der Waals surface area contributed by atoms with Gasteiger partial charge in [0.15, 0.2) is 0 Å². The van der Waals surface area contributed by atoms with E-state index < -0.39 is 0 Å². The Balaban J connectivity index is 2.69. The van der Waals surface area contributed by atoms with Gasteiger partial charge in [0.05, 0.1) is 11.4 Å². The van der Waals surface area contributed by atoms with Crippen molar-refractivity contribution in [1.29, 1.82) is 0 Å². The van der Waals surface area contributed by atoms with Crippen molar-refractivity contribution in [3.05, 3.63) is 34.3 Å². The first-order valence-corrected chi connectivity index (χ1v) is 6.15. The van der Waals surface area contributed by atoms with Crippen LogP contribution in [0.3, 0.4) is 0 Å². The van der Waals surface area contributed by atoms with Gasteiger partial charge in [0.2, 0.25) is 5.91 Å². The highest BCUT2D eigenvalue weighted by molar-refractivity contribution is 9.10. The van der Waals surface area contributed by atoms with Crippen LogP contribution in [0, 0.1) is 0 Å². The summed E-state index contributed by atoms with van der Waals surface area (Å²) in [6.07, 6.45) is 0. The zero-order valence-corrected chi connectivity index (χ0v) is 10.9. The van der Waals surface area contributed by atoms with Gasteiger partial charge in [-0.05, 0) is 24.6 Å². The van der Waals surface area contributed by atoms with Crippen molar-refractivity contribution in [2.75, 3.05) is 5.33 Å². The Hall–Kier alpha value is -0.350. The normalized spacial score (nSPS) is 12.2. The minimum atomic E-state index is -0.00234. The SMILES string of the molecule is CC(NC(=O)CBr)c1cccc(Br)c1. The van der Waals surface area contributed by atoms with Crippen molar-refractivity contribution in [2.45, 2.75) is 13.0 Å². The lowest BCUT2D eigenvalue weighted by molar-refractivity contribution is -0.119. The first kappa shape index (κ1) is 11.7. The van der Waals surface area contributed by atoms with Crippen LogP contribution in [0.15, 0.2) is 28.7 Å². The third-order valence-corrected chi connectivity index (χ3v) is 2.85. The van der Waals surface area contributed by atoms with Gasteiger partial charge in [0.25, 0.3) is 0 Å². The predicted molar refractivity (Wildman–Crippen MR) is 64.5 cm³/mol. The molecule has 1 atom stereocenters. The Morgan fingerprint density at radius 3 is 2.86 bits per heavy atom. The molecule has 1 aromatic rings. The molecule has 4 heteroatoms. The Morgan fingerprint density at radius 1 is 1.57 bits per heavy atom. The number of halogens is 2. The van der Waals surface area contributed by atoms with Crippen LogP contribution in [-0.4, -0.2) is 11.2 Å². The van der Waals surface area contributed by atoms with Crippen LogP contribution in [0.1, 0.15) is 18.5 Å². The van der Waals surface area contributed by atoms with Crippen LogP contribution in [0.5, 0.6) is 0 Å². The second kappa shape index (κ2) is 5.51. The molecule has 0 aliphatic rings. The summed E-state index contributed by atoms with van der Waals surface area (Å²) >= 11 is 6.50. The lowest BCUT2D eigenvalue weighted by atomic mass is 10.1. The number of benzene rings is 1. The van der Waals surface area contributed by atoms with E-state index in [-0.39, 0.29) is 11.9 Å². The summed E-state index contributed by atoms with van der Waals surface area (Å²) in [5.74, 6) is -0.00234. The van der Waals surface area contributed by atoms with Gasteiger partial charge in [-0.25, -0.2) is 0 Å². The van der Waals surface area contributed by atoms with Crippen molar-refractivity contribution in [2.24, 2.45) is 0 Å². The van der Waals surface area contributed by atoms with E-state index in [0.29, 0.717) is 5.33 Å². The molecule has 0 fully saturated rings. The lowest BCUT2D eigenvalue weighted by Crippen LogP contribution is -2.27. The Labute approximate surface area is 100 Å². The minimum absolute atomic E-state index is 0.00234. The Bertz CT molecular complexity index is 328. The van der Waals surface area contributed by atoms with Crippen molar-refractivity contribution >= 4 is 37.8 Å². The molecule has 1 aromatic carbocycles. The molecule has 0 aliphatic carbocycles. The van der Waals surface area contributed by atoms with E-state index in [9.17, 15) is 4.79 Å². The standard InChI is InChI=1S/C10H11Br2NO/c1-7(13-10(14)6-11)8-3-2-4-9(12)5-8/h2-5,7H,6H2,1H3,(H,13,14). The van der Waals surface area contributed by atoms with Gasteiger partial charge in [-0.3, -0.25) is 4.79 Å². The highest BCUT2D eigenvalue weighted by Crippen LogP contribution is 2.17. The first-order chi connectivity index (χ1) is 6.63. The smallest absolute Gasteiger partial charge is 0.231 e. The largest absolute Gasteiger partial charge is 0.349 e. The van der Waals surface area contributed by atoms with Crippen molar-refractivity contribution in [1.82, 2.24) is 5.32 Å². The maximum Gasteiger partial charge on any atom is 0.231 e. The molecule has 0 heterocycles. The molecule has 1 unspecified atom stereocenters. The monoisotopic (exact) mass is 319 g/mol. The number of amides is 1.